The minimum Gasteiger partial charge on any atom is -0.264 e. The first-order chi connectivity index (χ1) is 6.18. The zero-order valence-electron chi connectivity index (χ0n) is 7.76. The van der Waals surface area contributed by atoms with Gasteiger partial charge >= 0.3 is 0 Å². The molecule has 2 nitrogen and oxygen atoms in total. The Bertz CT molecular complexity index is 337. The van der Waals surface area contributed by atoms with Gasteiger partial charge in [0, 0.05) is 5.92 Å². The van der Waals surface area contributed by atoms with Crippen LogP contribution in [0.15, 0.2) is 22.8 Å². The third-order valence-electron chi connectivity index (χ3n) is 2.22. The Kier molecular flexibility index (Phi) is 2.28. The summed E-state index contributed by atoms with van der Waals surface area (Å²) in [6.07, 6.45) is 4.50. The molecule has 0 unspecified atom stereocenters. The zero-order chi connectivity index (χ0) is 9.42. The Balaban J connectivity index is 2.28. The monoisotopic (exact) mass is 240 g/mol. The van der Waals surface area contributed by atoms with E-state index in [0.29, 0.717) is 0 Å². The number of hydrogen-bond donors (Lipinski definition) is 0. The van der Waals surface area contributed by atoms with Crippen LogP contribution in [0.5, 0.6) is 0 Å². The van der Waals surface area contributed by atoms with Crippen molar-refractivity contribution in [3.8, 4) is 0 Å². The lowest BCUT2D eigenvalue weighted by Crippen LogP contribution is -2.04. The maximum absolute atomic E-state index is 4.33. The molecule has 0 aromatic carbocycles. The fourth-order valence-electron chi connectivity index (χ4n) is 1.52. The minimum atomic E-state index is 0.733. The predicted molar refractivity (Wildman–Crippen MR) is 56.7 cm³/mol. The quantitative estimate of drug-likeness (QED) is 0.743. The fraction of sp³-hybridized carbons (Fsp3) is 0.500. The van der Waals surface area contributed by atoms with E-state index in [-0.39, 0.29) is 0 Å². The third kappa shape index (κ3) is 1.85. The summed E-state index contributed by atoms with van der Waals surface area (Å²) < 4.78 is 3.21. The first-order valence-electron chi connectivity index (χ1n) is 4.54. The van der Waals surface area contributed by atoms with Crippen LogP contribution in [-0.2, 0) is 6.54 Å². The summed E-state index contributed by atoms with van der Waals surface area (Å²) >= 11 is 3.53. The van der Waals surface area contributed by atoms with E-state index in [1.807, 2.05) is 13.1 Å². The Morgan fingerprint density at radius 1 is 1.77 bits per heavy atom. The molecule has 0 amide bonds. The van der Waals surface area contributed by atoms with Crippen molar-refractivity contribution in [1.29, 1.82) is 0 Å². The van der Waals surface area contributed by atoms with Gasteiger partial charge in [-0.25, -0.2) is 0 Å². The fourth-order valence-corrected chi connectivity index (χ4v) is 2.14. The van der Waals surface area contributed by atoms with Crippen molar-refractivity contribution in [2.24, 2.45) is 0 Å². The van der Waals surface area contributed by atoms with Gasteiger partial charge in [-0.15, -0.1) is 0 Å². The van der Waals surface area contributed by atoms with E-state index in [2.05, 4.69) is 32.3 Å². The van der Waals surface area contributed by atoms with Gasteiger partial charge in [0.05, 0.1) is 22.9 Å². The summed E-state index contributed by atoms with van der Waals surface area (Å²) in [7, 11) is 0. The molecule has 0 radical (unpaired) electrons. The lowest BCUT2D eigenvalue weighted by atomic mass is 10.3. The van der Waals surface area contributed by atoms with Crippen LogP contribution in [0.2, 0.25) is 0 Å². The van der Waals surface area contributed by atoms with Crippen LogP contribution >= 0.6 is 15.9 Å². The van der Waals surface area contributed by atoms with E-state index < -0.39 is 0 Å². The largest absolute Gasteiger partial charge is 0.264 e. The highest BCUT2D eigenvalue weighted by molar-refractivity contribution is 9.10. The van der Waals surface area contributed by atoms with Crippen LogP contribution in [0, 0.1) is 0 Å². The molecule has 1 aromatic rings. The Hall–Kier alpha value is -0.570. The van der Waals surface area contributed by atoms with Crippen molar-refractivity contribution in [3.63, 3.8) is 0 Å². The van der Waals surface area contributed by atoms with Crippen LogP contribution in [0.4, 0.5) is 0 Å². The van der Waals surface area contributed by atoms with E-state index >= 15 is 0 Å². The molecule has 0 N–H and O–H groups in total. The van der Waals surface area contributed by atoms with Crippen LogP contribution in [0.1, 0.15) is 31.4 Å². The highest BCUT2D eigenvalue weighted by Crippen LogP contribution is 2.43. The SMILES string of the molecule is C=C(C)Cn1ncc(Br)c1C1CC1. The molecule has 1 heterocycles. The molecule has 70 valence electrons. The molecule has 1 aliphatic carbocycles. The van der Waals surface area contributed by atoms with E-state index in [1.165, 1.54) is 18.5 Å². The maximum atomic E-state index is 4.33. The van der Waals surface area contributed by atoms with Gasteiger partial charge in [0.2, 0.25) is 0 Å². The number of nitrogens with zero attached hydrogens (tertiary/aromatic N) is 2. The van der Waals surface area contributed by atoms with E-state index in [0.717, 1.165) is 22.5 Å². The van der Waals surface area contributed by atoms with Crippen LogP contribution in [0.3, 0.4) is 0 Å². The summed E-state index contributed by atoms with van der Waals surface area (Å²) in [5.74, 6) is 0.733. The average molecular weight is 241 g/mol. The lowest BCUT2D eigenvalue weighted by Gasteiger charge is -2.06. The van der Waals surface area contributed by atoms with Crippen LogP contribution in [0.25, 0.3) is 0 Å². The molecule has 3 heteroatoms. The van der Waals surface area contributed by atoms with Crippen molar-refractivity contribution >= 4 is 15.9 Å². The summed E-state index contributed by atoms with van der Waals surface area (Å²) in [6, 6.07) is 0. The molecule has 0 spiro atoms. The molecule has 0 saturated heterocycles. The topological polar surface area (TPSA) is 17.8 Å². The third-order valence-corrected chi connectivity index (χ3v) is 2.83. The van der Waals surface area contributed by atoms with Crippen molar-refractivity contribution < 1.29 is 0 Å². The average Bonchev–Trinajstić information content (AvgIpc) is 2.79. The smallest absolute Gasteiger partial charge is 0.0635 e. The Morgan fingerprint density at radius 2 is 2.46 bits per heavy atom. The standard InChI is InChI=1S/C10H13BrN2/c1-7(2)6-13-10(8-3-4-8)9(11)5-12-13/h5,8H,1,3-4,6H2,2H3. The predicted octanol–water partition coefficient (Wildman–Crippen LogP) is 3.10. The zero-order valence-corrected chi connectivity index (χ0v) is 9.34. The van der Waals surface area contributed by atoms with Crippen molar-refractivity contribution in [2.75, 3.05) is 0 Å². The van der Waals surface area contributed by atoms with Gasteiger partial charge in [-0.1, -0.05) is 12.2 Å². The summed E-state index contributed by atoms with van der Waals surface area (Å²) in [5, 5.41) is 4.33. The molecule has 0 bridgehead atoms. The van der Waals surface area contributed by atoms with Crippen LogP contribution < -0.4 is 0 Å². The molecule has 1 saturated carbocycles. The van der Waals surface area contributed by atoms with Crippen LogP contribution in [-0.4, -0.2) is 9.78 Å². The normalized spacial score (nSPS) is 16.2. The second-order valence-corrected chi connectivity index (χ2v) is 4.62. The molecular formula is C10H13BrN2. The van der Waals surface area contributed by atoms with Crippen molar-refractivity contribution in [1.82, 2.24) is 9.78 Å². The first kappa shape index (κ1) is 9.00. The van der Waals surface area contributed by atoms with Gasteiger partial charge in [-0.3, -0.25) is 4.68 Å². The number of aromatic nitrogens is 2. The van der Waals surface area contributed by atoms with Gasteiger partial charge in [0.25, 0.3) is 0 Å². The number of rotatable bonds is 3. The highest BCUT2D eigenvalue weighted by Gasteiger charge is 2.29. The van der Waals surface area contributed by atoms with E-state index in [4.69, 9.17) is 0 Å². The Morgan fingerprint density at radius 3 is 3.00 bits per heavy atom. The van der Waals surface area contributed by atoms with Gasteiger partial charge in [0.15, 0.2) is 0 Å². The molecule has 1 fully saturated rings. The number of halogens is 1. The molecule has 0 aliphatic heterocycles. The molecule has 13 heavy (non-hydrogen) atoms. The molecule has 1 aromatic heterocycles. The number of hydrogen-bond acceptors (Lipinski definition) is 1. The van der Waals surface area contributed by atoms with Gasteiger partial charge in [0.1, 0.15) is 0 Å². The molecule has 0 atom stereocenters. The Labute approximate surface area is 86.8 Å². The van der Waals surface area contributed by atoms with Gasteiger partial charge in [-0.05, 0) is 35.7 Å². The maximum Gasteiger partial charge on any atom is 0.0635 e. The lowest BCUT2D eigenvalue weighted by molar-refractivity contribution is 0.639. The van der Waals surface area contributed by atoms with Gasteiger partial charge in [-0.2, -0.15) is 5.10 Å². The highest BCUT2D eigenvalue weighted by atomic mass is 79.9. The van der Waals surface area contributed by atoms with E-state index in [1.54, 1.807) is 0 Å². The summed E-state index contributed by atoms with van der Waals surface area (Å²) in [6.45, 7) is 6.78. The molecular weight excluding hydrogens is 228 g/mol. The number of allylic oxidation sites excluding steroid dienone is 1. The van der Waals surface area contributed by atoms with Gasteiger partial charge < -0.3 is 0 Å². The molecule has 2 rings (SSSR count). The summed E-state index contributed by atoms with van der Waals surface area (Å²) in [5.41, 5.74) is 2.50. The summed E-state index contributed by atoms with van der Waals surface area (Å²) in [4.78, 5) is 0. The molecule has 1 aliphatic rings. The minimum absolute atomic E-state index is 0.733. The second kappa shape index (κ2) is 3.29. The second-order valence-electron chi connectivity index (χ2n) is 3.77. The van der Waals surface area contributed by atoms with Crippen molar-refractivity contribution in [3.05, 3.63) is 28.5 Å². The van der Waals surface area contributed by atoms with E-state index in [9.17, 15) is 0 Å². The first-order valence-corrected chi connectivity index (χ1v) is 5.33. The van der Waals surface area contributed by atoms with Crippen molar-refractivity contribution in [2.45, 2.75) is 32.2 Å².